The molecule has 0 spiro atoms. The SMILES string of the molecule is O=C(CSc1ncccn1)NC1CCN(c2ccccn2)C1. The summed E-state index contributed by atoms with van der Waals surface area (Å²) in [5.41, 5.74) is 0. The van der Waals surface area contributed by atoms with E-state index < -0.39 is 0 Å². The predicted octanol–water partition coefficient (Wildman–Crippen LogP) is 1.36. The Kier molecular flexibility index (Phi) is 4.85. The molecule has 2 aromatic heterocycles. The highest BCUT2D eigenvalue weighted by atomic mass is 32.2. The molecule has 6 nitrogen and oxygen atoms in total. The van der Waals surface area contributed by atoms with Crippen LogP contribution in [0.4, 0.5) is 5.82 Å². The van der Waals surface area contributed by atoms with Crippen molar-refractivity contribution in [2.45, 2.75) is 17.6 Å². The van der Waals surface area contributed by atoms with Crippen LogP contribution < -0.4 is 10.2 Å². The fraction of sp³-hybridized carbons (Fsp3) is 0.333. The highest BCUT2D eigenvalue weighted by Crippen LogP contribution is 2.17. The molecule has 1 aliphatic heterocycles. The lowest BCUT2D eigenvalue weighted by Crippen LogP contribution is -2.38. The van der Waals surface area contributed by atoms with Crippen LogP contribution in [0.2, 0.25) is 0 Å². The molecule has 3 rings (SSSR count). The molecule has 7 heteroatoms. The Morgan fingerprint density at radius 2 is 2.05 bits per heavy atom. The average Bonchev–Trinajstić information content (AvgIpc) is 3.03. The highest BCUT2D eigenvalue weighted by Gasteiger charge is 2.24. The van der Waals surface area contributed by atoms with Crippen LogP contribution in [0.15, 0.2) is 48.0 Å². The lowest BCUT2D eigenvalue weighted by Gasteiger charge is -2.17. The minimum Gasteiger partial charge on any atom is -0.354 e. The van der Waals surface area contributed by atoms with E-state index in [0.29, 0.717) is 10.9 Å². The lowest BCUT2D eigenvalue weighted by atomic mass is 10.2. The number of aromatic nitrogens is 3. The van der Waals surface area contributed by atoms with Crippen molar-refractivity contribution in [2.24, 2.45) is 0 Å². The summed E-state index contributed by atoms with van der Waals surface area (Å²) in [6.07, 6.45) is 6.08. The number of carbonyl (C=O) groups is 1. The molecule has 1 saturated heterocycles. The number of hydrogen-bond donors (Lipinski definition) is 1. The topological polar surface area (TPSA) is 71.0 Å². The van der Waals surface area contributed by atoms with Crippen molar-refractivity contribution in [3.63, 3.8) is 0 Å². The number of anilines is 1. The first-order valence-electron chi connectivity index (χ1n) is 7.16. The molecule has 1 N–H and O–H groups in total. The van der Waals surface area contributed by atoms with E-state index in [4.69, 9.17) is 0 Å². The molecule has 1 amide bonds. The summed E-state index contributed by atoms with van der Waals surface area (Å²) < 4.78 is 0. The summed E-state index contributed by atoms with van der Waals surface area (Å²) in [6, 6.07) is 7.81. The van der Waals surface area contributed by atoms with E-state index in [2.05, 4.69) is 25.2 Å². The molecule has 0 aliphatic carbocycles. The number of pyridine rings is 1. The fourth-order valence-electron chi connectivity index (χ4n) is 2.39. The first kappa shape index (κ1) is 14.8. The smallest absolute Gasteiger partial charge is 0.230 e. The van der Waals surface area contributed by atoms with Gasteiger partial charge >= 0.3 is 0 Å². The van der Waals surface area contributed by atoms with Gasteiger partial charge < -0.3 is 10.2 Å². The van der Waals surface area contributed by atoms with Crippen LogP contribution in [0.25, 0.3) is 0 Å². The number of amides is 1. The molecule has 0 aromatic carbocycles. The Balaban J connectivity index is 1.45. The zero-order valence-corrected chi connectivity index (χ0v) is 12.9. The molecule has 22 heavy (non-hydrogen) atoms. The molecule has 1 aliphatic rings. The molecule has 0 bridgehead atoms. The van der Waals surface area contributed by atoms with E-state index in [0.717, 1.165) is 25.3 Å². The summed E-state index contributed by atoms with van der Waals surface area (Å²) in [5, 5.41) is 3.69. The summed E-state index contributed by atoms with van der Waals surface area (Å²) in [4.78, 5) is 26.7. The van der Waals surface area contributed by atoms with Crippen molar-refractivity contribution >= 4 is 23.5 Å². The predicted molar refractivity (Wildman–Crippen MR) is 85.8 cm³/mol. The Morgan fingerprint density at radius 3 is 2.82 bits per heavy atom. The van der Waals surface area contributed by atoms with Crippen LogP contribution in [0.1, 0.15) is 6.42 Å². The number of hydrogen-bond acceptors (Lipinski definition) is 6. The van der Waals surface area contributed by atoms with Gasteiger partial charge in [0.15, 0.2) is 5.16 Å². The summed E-state index contributed by atoms with van der Waals surface area (Å²) in [6.45, 7) is 1.71. The molecule has 2 aromatic rings. The van der Waals surface area contributed by atoms with Crippen LogP contribution in [-0.4, -0.2) is 45.7 Å². The van der Waals surface area contributed by atoms with Gasteiger partial charge in [0.1, 0.15) is 5.82 Å². The number of thioether (sulfide) groups is 1. The molecule has 1 atom stereocenters. The molecular formula is C15H17N5OS. The minimum absolute atomic E-state index is 0.0188. The van der Waals surface area contributed by atoms with Gasteiger partial charge in [0.2, 0.25) is 5.91 Å². The molecule has 1 fully saturated rings. The zero-order valence-electron chi connectivity index (χ0n) is 12.1. The summed E-state index contributed by atoms with van der Waals surface area (Å²) >= 11 is 1.35. The molecule has 0 saturated carbocycles. The molecule has 3 heterocycles. The van der Waals surface area contributed by atoms with Gasteiger partial charge in [-0.05, 0) is 24.6 Å². The molecule has 1 unspecified atom stereocenters. The largest absolute Gasteiger partial charge is 0.354 e. The van der Waals surface area contributed by atoms with Gasteiger partial charge in [-0.3, -0.25) is 4.79 Å². The van der Waals surface area contributed by atoms with Crippen molar-refractivity contribution in [1.82, 2.24) is 20.3 Å². The van der Waals surface area contributed by atoms with Crippen LogP contribution in [0.5, 0.6) is 0 Å². The van der Waals surface area contributed by atoms with Crippen molar-refractivity contribution in [1.29, 1.82) is 0 Å². The lowest BCUT2D eigenvalue weighted by molar-refractivity contribution is -0.119. The van der Waals surface area contributed by atoms with Crippen molar-refractivity contribution in [3.8, 4) is 0 Å². The maximum absolute atomic E-state index is 12.0. The Hall–Kier alpha value is -2.15. The van der Waals surface area contributed by atoms with Crippen molar-refractivity contribution < 1.29 is 4.79 Å². The third kappa shape index (κ3) is 3.94. The first-order valence-corrected chi connectivity index (χ1v) is 8.15. The van der Waals surface area contributed by atoms with E-state index >= 15 is 0 Å². The third-order valence-corrected chi connectivity index (χ3v) is 4.28. The fourth-order valence-corrected chi connectivity index (χ4v) is 3.00. The zero-order chi connectivity index (χ0) is 15.2. The normalized spacial score (nSPS) is 17.5. The van der Waals surface area contributed by atoms with Crippen molar-refractivity contribution in [3.05, 3.63) is 42.9 Å². The van der Waals surface area contributed by atoms with E-state index in [1.165, 1.54) is 11.8 Å². The van der Waals surface area contributed by atoms with Gasteiger partial charge in [0, 0.05) is 37.7 Å². The highest BCUT2D eigenvalue weighted by molar-refractivity contribution is 7.99. The van der Waals surface area contributed by atoms with Crippen LogP contribution in [0, 0.1) is 0 Å². The molecule has 114 valence electrons. The molecular weight excluding hydrogens is 298 g/mol. The second-order valence-electron chi connectivity index (χ2n) is 5.01. The standard InChI is InChI=1S/C15H17N5OS/c21-14(11-22-15-17-7-3-8-18-15)19-12-5-9-20(10-12)13-4-1-2-6-16-13/h1-4,6-8,12H,5,9-11H2,(H,19,21). The van der Waals surface area contributed by atoms with E-state index in [-0.39, 0.29) is 11.9 Å². The van der Waals surface area contributed by atoms with Crippen LogP contribution >= 0.6 is 11.8 Å². The van der Waals surface area contributed by atoms with E-state index in [1.807, 2.05) is 18.2 Å². The quantitative estimate of drug-likeness (QED) is 0.663. The van der Waals surface area contributed by atoms with Gasteiger partial charge in [0.05, 0.1) is 5.75 Å². The summed E-state index contributed by atoms with van der Waals surface area (Å²) in [5.74, 6) is 1.32. The average molecular weight is 315 g/mol. The second kappa shape index (κ2) is 7.22. The Bertz CT molecular complexity index is 610. The number of rotatable bonds is 5. The first-order chi connectivity index (χ1) is 10.8. The number of carbonyl (C=O) groups excluding carboxylic acids is 1. The monoisotopic (exact) mass is 315 g/mol. The number of nitrogens with one attached hydrogen (secondary N) is 1. The van der Waals surface area contributed by atoms with Gasteiger partial charge in [-0.25, -0.2) is 15.0 Å². The van der Waals surface area contributed by atoms with E-state index in [9.17, 15) is 4.79 Å². The van der Waals surface area contributed by atoms with E-state index in [1.54, 1.807) is 24.7 Å². The van der Waals surface area contributed by atoms with Gasteiger partial charge in [-0.2, -0.15) is 0 Å². The minimum atomic E-state index is 0.0188. The third-order valence-electron chi connectivity index (χ3n) is 3.40. The summed E-state index contributed by atoms with van der Waals surface area (Å²) in [7, 11) is 0. The maximum atomic E-state index is 12.0. The second-order valence-corrected chi connectivity index (χ2v) is 5.95. The van der Waals surface area contributed by atoms with Gasteiger partial charge in [-0.1, -0.05) is 17.8 Å². The van der Waals surface area contributed by atoms with Crippen molar-refractivity contribution in [2.75, 3.05) is 23.7 Å². The Labute approximate surface area is 133 Å². The van der Waals surface area contributed by atoms with Gasteiger partial charge in [0.25, 0.3) is 0 Å². The van der Waals surface area contributed by atoms with Crippen LogP contribution in [-0.2, 0) is 4.79 Å². The Morgan fingerprint density at radius 1 is 1.23 bits per heavy atom. The van der Waals surface area contributed by atoms with Gasteiger partial charge in [-0.15, -0.1) is 0 Å². The number of nitrogens with zero attached hydrogens (tertiary/aromatic N) is 4. The maximum Gasteiger partial charge on any atom is 0.230 e. The van der Waals surface area contributed by atoms with Crippen LogP contribution in [0.3, 0.4) is 0 Å². The molecule has 0 radical (unpaired) electrons.